The monoisotopic (exact) mass is 428 g/mol. The maximum atomic E-state index is 13.1. The number of ether oxygens (including phenoxy) is 2. The van der Waals surface area contributed by atoms with Crippen LogP contribution in [0, 0.1) is 5.41 Å². The minimum absolute atomic E-state index is 0.121. The lowest BCUT2D eigenvalue weighted by Gasteiger charge is -2.34. The number of carbonyl (C=O) groups excluding carboxylic acids is 1. The van der Waals surface area contributed by atoms with Crippen LogP contribution >= 0.6 is 15.9 Å². The smallest absolute Gasteiger partial charge is 0.316 e. The summed E-state index contributed by atoms with van der Waals surface area (Å²) >= 11 is 3.51. The average Bonchev–Trinajstić information content (AvgIpc) is 2.52. The van der Waals surface area contributed by atoms with Crippen molar-refractivity contribution in [2.24, 2.45) is 5.41 Å². The van der Waals surface area contributed by atoms with Crippen LogP contribution in [0.1, 0.15) is 66.4 Å². The summed E-state index contributed by atoms with van der Waals surface area (Å²) in [4.78, 5) is 13.1. The van der Waals surface area contributed by atoms with E-state index in [1.807, 2.05) is 59.7 Å². The summed E-state index contributed by atoms with van der Waals surface area (Å²) in [5, 5.41) is 9.50. The van der Waals surface area contributed by atoms with Crippen LogP contribution in [0.5, 0.6) is 5.75 Å². The fourth-order valence-corrected chi connectivity index (χ4v) is 3.42. The van der Waals surface area contributed by atoms with E-state index in [1.165, 1.54) is 0 Å². The van der Waals surface area contributed by atoms with Crippen LogP contribution < -0.4 is 4.74 Å². The molecule has 0 saturated heterocycles. The lowest BCUT2D eigenvalue weighted by atomic mass is 9.75. The molecule has 1 aromatic rings. The first-order valence-corrected chi connectivity index (χ1v) is 9.83. The van der Waals surface area contributed by atoms with Gasteiger partial charge in [0.15, 0.2) is 0 Å². The SMILES string of the molecule is COc1c(Br)cccc1C(C)(CCCC(C)(C)CO)C(=O)OC(C)(C)C. The standard InChI is InChI=1S/C21H33BrO4/c1-19(2,3)26-18(24)21(6,13-9-12-20(4,5)14-23)15-10-8-11-16(22)17(15)25-7/h8,10-11,23H,9,12-14H2,1-7H3. The molecule has 1 aromatic carbocycles. The Labute approximate surface area is 166 Å². The molecular weight excluding hydrogens is 396 g/mol. The summed E-state index contributed by atoms with van der Waals surface area (Å²) in [6.45, 7) is 11.7. The molecule has 5 heteroatoms. The van der Waals surface area contributed by atoms with Crippen molar-refractivity contribution in [3.8, 4) is 5.75 Å². The van der Waals surface area contributed by atoms with E-state index in [2.05, 4.69) is 15.9 Å². The summed E-state index contributed by atoms with van der Waals surface area (Å²) < 4.78 is 12.1. The topological polar surface area (TPSA) is 55.8 Å². The average molecular weight is 429 g/mol. The molecule has 0 aliphatic heterocycles. The van der Waals surface area contributed by atoms with E-state index in [-0.39, 0.29) is 18.0 Å². The third kappa shape index (κ3) is 5.98. The summed E-state index contributed by atoms with van der Waals surface area (Å²) in [6.07, 6.45) is 2.22. The molecule has 0 bridgehead atoms. The second-order valence-electron chi connectivity index (χ2n) is 8.83. The van der Waals surface area contributed by atoms with Crippen molar-refractivity contribution in [2.75, 3.05) is 13.7 Å². The first-order valence-electron chi connectivity index (χ1n) is 9.03. The molecule has 1 atom stereocenters. The third-order valence-corrected chi connectivity index (χ3v) is 5.20. The van der Waals surface area contributed by atoms with E-state index < -0.39 is 11.0 Å². The molecule has 1 rings (SSSR count). The normalized spacial score (nSPS) is 14.7. The van der Waals surface area contributed by atoms with Crippen molar-refractivity contribution in [1.29, 1.82) is 0 Å². The van der Waals surface area contributed by atoms with E-state index in [0.29, 0.717) is 12.2 Å². The van der Waals surface area contributed by atoms with Crippen LogP contribution in [0.25, 0.3) is 0 Å². The highest BCUT2D eigenvalue weighted by Crippen LogP contribution is 2.42. The fourth-order valence-electron chi connectivity index (χ4n) is 2.89. The van der Waals surface area contributed by atoms with E-state index in [1.54, 1.807) is 7.11 Å². The maximum absolute atomic E-state index is 13.1. The number of methoxy groups -OCH3 is 1. The molecule has 0 aromatic heterocycles. The van der Waals surface area contributed by atoms with Gasteiger partial charge in [0.2, 0.25) is 0 Å². The Balaban J connectivity index is 3.26. The predicted octanol–water partition coefficient (Wildman–Crippen LogP) is 5.25. The Morgan fingerprint density at radius 2 is 1.73 bits per heavy atom. The molecule has 0 spiro atoms. The van der Waals surface area contributed by atoms with Crippen molar-refractivity contribution in [2.45, 2.75) is 71.8 Å². The van der Waals surface area contributed by atoms with Crippen LogP contribution in [-0.2, 0) is 14.9 Å². The first-order chi connectivity index (χ1) is 11.9. The highest BCUT2D eigenvalue weighted by atomic mass is 79.9. The zero-order valence-electron chi connectivity index (χ0n) is 17.1. The van der Waals surface area contributed by atoms with Crippen LogP contribution in [0.4, 0.5) is 0 Å². The van der Waals surface area contributed by atoms with Crippen LogP contribution in [0.15, 0.2) is 22.7 Å². The van der Waals surface area contributed by atoms with Gasteiger partial charge in [-0.15, -0.1) is 0 Å². The third-order valence-electron chi connectivity index (χ3n) is 4.57. The minimum atomic E-state index is -0.839. The zero-order valence-corrected chi connectivity index (χ0v) is 18.7. The van der Waals surface area contributed by atoms with Crippen LogP contribution in [0.3, 0.4) is 0 Å². The molecule has 0 aliphatic rings. The number of para-hydroxylation sites is 1. The molecule has 1 N–H and O–H groups in total. The van der Waals surface area contributed by atoms with Gasteiger partial charge in [-0.25, -0.2) is 0 Å². The van der Waals surface area contributed by atoms with Crippen molar-refractivity contribution < 1.29 is 19.4 Å². The number of benzene rings is 1. The number of rotatable bonds is 8. The van der Waals surface area contributed by atoms with Gasteiger partial charge in [0.1, 0.15) is 11.4 Å². The molecule has 1 unspecified atom stereocenters. The summed E-state index contributed by atoms with van der Waals surface area (Å²) in [5.74, 6) is 0.394. The number of halogens is 1. The molecule has 0 radical (unpaired) electrons. The van der Waals surface area contributed by atoms with Gasteiger partial charge in [-0.3, -0.25) is 4.79 Å². The summed E-state index contributed by atoms with van der Waals surface area (Å²) in [7, 11) is 1.61. The Morgan fingerprint density at radius 3 is 2.23 bits per heavy atom. The van der Waals surface area contributed by atoms with Crippen molar-refractivity contribution >= 4 is 21.9 Å². The molecule has 0 saturated carbocycles. The maximum Gasteiger partial charge on any atom is 0.316 e. The van der Waals surface area contributed by atoms with Gasteiger partial charge in [0.05, 0.1) is 17.0 Å². The molecule has 26 heavy (non-hydrogen) atoms. The highest BCUT2D eigenvalue weighted by molar-refractivity contribution is 9.10. The number of aliphatic hydroxyl groups excluding tert-OH is 1. The van der Waals surface area contributed by atoms with Gasteiger partial charge >= 0.3 is 5.97 Å². The van der Waals surface area contributed by atoms with Gasteiger partial charge in [-0.1, -0.05) is 32.4 Å². The van der Waals surface area contributed by atoms with Crippen molar-refractivity contribution in [3.05, 3.63) is 28.2 Å². The minimum Gasteiger partial charge on any atom is -0.495 e. The summed E-state index contributed by atoms with van der Waals surface area (Å²) in [6, 6.07) is 5.72. The second kappa shape index (κ2) is 8.75. The zero-order chi connectivity index (χ0) is 20.2. The molecule has 0 fully saturated rings. The highest BCUT2D eigenvalue weighted by Gasteiger charge is 2.41. The van der Waals surface area contributed by atoms with Crippen molar-refractivity contribution in [1.82, 2.24) is 0 Å². The van der Waals surface area contributed by atoms with Gasteiger partial charge in [-0.2, -0.15) is 0 Å². The van der Waals surface area contributed by atoms with Crippen molar-refractivity contribution in [3.63, 3.8) is 0 Å². The number of hydrogen-bond acceptors (Lipinski definition) is 4. The molecule has 0 aliphatic carbocycles. The van der Waals surface area contributed by atoms with E-state index >= 15 is 0 Å². The lowest BCUT2D eigenvalue weighted by molar-refractivity contribution is -0.162. The largest absolute Gasteiger partial charge is 0.495 e. The molecule has 148 valence electrons. The number of hydrogen-bond donors (Lipinski definition) is 1. The molecule has 0 amide bonds. The second-order valence-corrected chi connectivity index (χ2v) is 9.68. The van der Waals surface area contributed by atoms with E-state index in [0.717, 1.165) is 22.9 Å². The Kier molecular flexibility index (Phi) is 7.73. The Morgan fingerprint density at radius 1 is 1.12 bits per heavy atom. The molecule has 4 nitrogen and oxygen atoms in total. The van der Waals surface area contributed by atoms with Gasteiger partial charge in [-0.05, 0) is 67.9 Å². The van der Waals surface area contributed by atoms with Crippen LogP contribution in [0.2, 0.25) is 0 Å². The van der Waals surface area contributed by atoms with Crippen LogP contribution in [-0.4, -0.2) is 30.4 Å². The number of esters is 1. The predicted molar refractivity (Wildman–Crippen MR) is 109 cm³/mol. The van der Waals surface area contributed by atoms with E-state index in [4.69, 9.17) is 9.47 Å². The van der Waals surface area contributed by atoms with Gasteiger partial charge in [0.25, 0.3) is 0 Å². The number of carbonyl (C=O) groups is 1. The van der Waals surface area contributed by atoms with E-state index in [9.17, 15) is 9.90 Å². The molecular formula is C21H33BrO4. The van der Waals surface area contributed by atoms with Gasteiger partial charge in [0, 0.05) is 12.2 Å². The Bertz CT molecular complexity index is 619. The Hall–Kier alpha value is -1.07. The quantitative estimate of drug-likeness (QED) is 0.574. The first kappa shape index (κ1) is 23.0. The number of aliphatic hydroxyl groups is 1. The molecule has 0 heterocycles. The lowest BCUT2D eigenvalue weighted by Crippen LogP contribution is -2.39. The summed E-state index contributed by atoms with van der Waals surface area (Å²) in [5.41, 5.74) is -0.767. The fraction of sp³-hybridized carbons (Fsp3) is 0.667. The van der Waals surface area contributed by atoms with Gasteiger partial charge < -0.3 is 14.6 Å².